The van der Waals surface area contributed by atoms with Crippen LogP contribution in [0, 0.1) is 0 Å². The molecular formula is C25H19Cl2N5O3. The molecule has 5 rings (SSSR count). The molecule has 0 aliphatic carbocycles. The highest BCUT2D eigenvalue weighted by Crippen LogP contribution is 2.32. The van der Waals surface area contributed by atoms with Gasteiger partial charge in [0, 0.05) is 30.9 Å². The summed E-state index contributed by atoms with van der Waals surface area (Å²) in [4.78, 5) is 31.9. The molecule has 0 spiro atoms. The summed E-state index contributed by atoms with van der Waals surface area (Å²) in [5.41, 5.74) is 2.15. The highest BCUT2D eigenvalue weighted by Gasteiger charge is 2.31. The van der Waals surface area contributed by atoms with Crippen LogP contribution in [0.15, 0.2) is 72.9 Å². The number of halogens is 2. The summed E-state index contributed by atoms with van der Waals surface area (Å²) in [6.45, 7) is 0.491. The molecule has 1 fully saturated rings. The van der Waals surface area contributed by atoms with Crippen LogP contribution in [-0.4, -0.2) is 55.8 Å². The first-order valence-corrected chi connectivity index (χ1v) is 11.5. The molecule has 10 heteroatoms. The van der Waals surface area contributed by atoms with E-state index in [2.05, 4.69) is 15.4 Å². The number of carbonyl (C=O) groups is 2. The minimum atomic E-state index is -0.533. The molecule has 0 saturated carbocycles. The molecule has 4 aromatic rings. The molecule has 8 nitrogen and oxygen atoms in total. The molecule has 2 amide bonds. The van der Waals surface area contributed by atoms with Gasteiger partial charge in [-0.15, -0.1) is 0 Å². The van der Waals surface area contributed by atoms with E-state index in [-0.39, 0.29) is 41.1 Å². The van der Waals surface area contributed by atoms with Crippen LogP contribution < -0.4 is 5.32 Å². The zero-order valence-corrected chi connectivity index (χ0v) is 19.7. The first-order chi connectivity index (χ1) is 16.9. The number of nitrogens with zero attached hydrogens (tertiary/aromatic N) is 4. The summed E-state index contributed by atoms with van der Waals surface area (Å²) in [5.74, 6) is -0.544. The van der Waals surface area contributed by atoms with Gasteiger partial charge in [-0.25, -0.2) is 4.68 Å². The largest absolute Gasteiger partial charge is 0.389 e. The molecule has 176 valence electrons. The molecule has 1 saturated heterocycles. The molecule has 2 N–H and O–H groups in total. The molecule has 35 heavy (non-hydrogen) atoms. The van der Waals surface area contributed by atoms with E-state index in [9.17, 15) is 14.7 Å². The van der Waals surface area contributed by atoms with Gasteiger partial charge in [-0.1, -0.05) is 47.5 Å². The molecule has 0 atom stereocenters. The quantitative estimate of drug-likeness (QED) is 0.419. The van der Waals surface area contributed by atoms with Crippen LogP contribution in [0.25, 0.3) is 16.9 Å². The van der Waals surface area contributed by atoms with Crippen molar-refractivity contribution >= 4 is 40.8 Å². The zero-order chi connectivity index (χ0) is 24.5. The van der Waals surface area contributed by atoms with E-state index in [4.69, 9.17) is 23.2 Å². The number of β-amino-alcohol motifs (C(OH)–C–C–N with tert-alkyl or cyclic N) is 1. The Morgan fingerprint density at radius 1 is 0.971 bits per heavy atom. The van der Waals surface area contributed by atoms with E-state index in [0.29, 0.717) is 22.0 Å². The van der Waals surface area contributed by atoms with Crippen molar-refractivity contribution < 1.29 is 14.7 Å². The third kappa shape index (κ3) is 4.64. The van der Waals surface area contributed by atoms with E-state index < -0.39 is 12.0 Å². The lowest BCUT2D eigenvalue weighted by Gasteiger charge is -2.35. The summed E-state index contributed by atoms with van der Waals surface area (Å²) in [5, 5.41) is 17.3. The monoisotopic (exact) mass is 507 g/mol. The maximum atomic E-state index is 13.3. The van der Waals surface area contributed by atoms with Gasteiger partial charge in [-0.2, -0.15) is 5.10 Å². The van der Waals surface area contributed by atoms with Crippen molar-refractivity contribution in [3.63, 3.8) is 0 Å². The van der Waals surface area contributed by atoms with Crippen LogP contribution in [0.5, 0.6) is 0 Å². The number of carbonyl (C=O) groups excluding carboxylic acids is 2. The third-order valence-corrected chi connectivity index (χ3v) is 6.19. The Morgan fingerprint density at radius 3 is 2.40 bits per heavy atom. The first kappa shape index (κ1) is 23.0. The van der Waals surface area contributed by atoms with E-state index in [1.165, 1.54) is 21.7 Å². The Morgan fingerprint density at radius 2 is 1.71 bits per heavy atom. The van der Waals surface area contributed by atoms with Crippen molar-refractivity contribution in [2.24, 2.45) is 0 Å². The van der Waals surface area contributed by atoms with Gasteiger partial charge in [0.2, 0.25) is 0 Å². The Hall–Kier alpha value is -3.72. The number of rotatable bonds is 5. The van der Waals surface area contributed by atoms with Crippen LogP contribution >= 0.6 is 23.2 Å². The van der Waals surface area contributed by atoms with E-state index in [1.54, 1.807) is 36.5 Å². The number of aliphatic hydroxyl groups excluding tert-OH is 1. The van der Waals surface area contributed by atoms with E-state index in [0.717, 1.165) is 0 Å². The van der Waals surface area contributed by atoms with Crippen molar-refractivity contribution in [1.29, 1.82) is 0 Å². The summed E-state index contributed by atoms with van der Waals surface area (Å²) >= 11 is 12.7. The Labute approximate surface area is 210 Å². The lowest BCUT2D eigenvalue weighted by atomic mass is 10.1. The molecule has 3 heterocycles. The number of benzene rings is 2. The lowest BCUT2D eigenvalue weighted by Crippen LogP contribution is -2.53. The maximum absolute atomic E-state index is 13.3. The second-order valence-electron chi connectivity index (χ2n) is 8.01. The van der Waals surface area contributed by atoms with Crippen molar-refractivity contribution in [2.45, 2.75) is 6.10 Å². The second-order valence-corrected chi connectivity index (χ2v) is 8.82. The SMILES string of the molecule is O=C(Nc1cc(C(=O)N2CC(O)C2)nn1-c1ccccc1)c1cc(-c2ccccn2)c(Cl)cc1Cl. The molecule has 1 aliphatic heterocycles. The van der Waals surface area contributed by atoms with Gasteiger partial charge in [0.1, 0.15) is 5.82 Å². The number of hydrogen-bond acceptors (Lipinski definition) is 5. The number of hydrogen-bond donors (Lipinski definition) is 2. The van der Waals surface area contributed by atoms with Crippen molar-refractivity contribution in [1.82, 2.24) is 19.7 Å². The zero-order valence-electron chi connectivity index (χ0n) is 18.2. The number of amides is 2. The maximum Gasteiger partial charge on any atom is 0.274 e. The third-order valence-electron chi connectivity index (χ3n) is 5.56. The van der Waals surface area contributed by atoms with Crippen LogP contribution in [-0.2, 0) is 0 Å². The average Bonchev–Trinajstić information content (AvgIpc) is 3.26. The first-order valence-electron chi connectivity index (χ1n) is 10.8. The number of anilines is 1. The fourth-order valence-electron chi connectivity index (χ4n) is 3.75. The van der Waals surface area contributed by atoms with Gasteiger partial charge in [-0.05, 0) is 36.4 Å². The molecule has 2 aromatic heterocycles. The summed E-state index contributed by atoms with van der Waals surface area (Å²) in [7, 11) is 0. The van der Waals surface area contributed by atoms with Crippen LogP contribution in [0.2, 0.25) is 10.0 Å². The second kappa shape index (κ2) is 9.50. The van der Waals surface area contributed by atoms with Crippen LogP contribution in [0.1, 0.15) is 20.8 Å². The lowest BCUT2D eigenvalue weighted by molar-refractivity contribution is 0.00547. The Balaban J connectivity index is 1.50. The smallest absolute Gasteiger partial charge is 0.274 e. The number of likely N-dealkylation sites (tertiary alicyclic amines) is 1. The fourth-order valence-corrected chi connectivity index (χ4v) is 4.31. The number of nitrogens with one attached hydrogen (secondary N) is 1. The van der Waals surface area contributed by atoms with Gasteiger partial charge >= 0.3 is 0 Å². The molecular weight excluding hydrogens is 489 g/mol. The minimum absolute atomic E-state index is 0.146. The van der Waals surface area contributed by atoms with Gasteiger partial charge in [0.25, 0.3) is 11.8 Å². The van der Waals surface area contributed by atoms with Gasteiger partial charge in [0.15, 0.2) is 5.69 Å². The number of pyridine rings is 1. The molecule has 0 bridgehead atoms. The number of aliphatic hydroxyl groups is 1. The van der Waals surface area contributed by atoms with E-state index in [1.807, 2.05) is 24.3 Å². The van der Waals surface area contributed by atoms with Crippen LogP contribution in [0.3, 0.4) is 0 Å². The predicted octanol–water partition coefficient (Wildman–Crippen LogP) is 4.31. The van der Waals surface area contributed by atoms with Gasteiger partial charge < -0.3 is 15.3 Å². The molecule has 2 aromatic carbocycles. The minimum Gasteiger partial charge on any atom is -0.389 e. The highest BCUT2D eigenvalue weighted by atomic mass is 35.5. The molecule has 0 unspecified atom stereocenters. The normalized spacial score (nSPS) is 13.4. The summed E-state index contributed by atoms with van der Waals surface area (Å²) < 4.78 is 1.48. The standard InChI is InChI=1S/C25H19Cl2N5O3/c26-19-11-20(27)18(10-17(19)21-8-4-5-9-28-21)24(34)29-23-12-22(25(35)31-13-16(33)14-31)30-32(23)15-6-2-1-3-7-15/h1-12,16,33H,13-14H2,(H,29,34). The topological polar surface area (TPSA) is 100 Å². The van der Waals surface area contributed by atoms with Crippen molar-refractivity contribution in [3.8, 4) is 16.9 Å². The number of para-hydroxylation sites is 1. The summed E-state index contributed by atoms with van der Waals surface area (Å²) in [6, 6.07) is 19.1. The molecule has 0 radical (unpaired) electrons. The Kier molecular flexibility index (Phi) is 6.25. The van der Waals surface area contributed by atoms with Crippen molar-refractivity contribution in [3.05, 3.63) is 94.2 Å². The van der Waals surface area contributed by atoms with Crippen LogP contribution in [0.4, 0.5) is 5.82 Å². The Bertz CT molecular complexity index is 1400. The predicted molar refractivity (Wildman–Crippen MR) is 133 cm³/mol. The number of aromatic nitrogens is 3. The molecule has 1 aliphatic rings. The van der Waals surface area contributed by atoms with E-state index >= 15 is 0 Å². The highest BCUT2D eigenvalue weighted by molar-refractivity contribution is 6.38. The average molecular weight is 508 g/mol. The van der Waals surface area contributed by atoms with Crippen molar-refractivity contribution in [2.75, 3.05) is 18.4 Å². The fraction of sp³-hybridized carbons (Fsp3) is 0.120. The van der Waals surface area contributed by atoms with Gasteiger partial charge in [0.05, 0.1) is 33.1 Å². The van der Waals surface area contributed by atoms with Gasteiger partial charge in [-0.3, -0.25) is 14.6 Å². The summed E-state index contributed by atoms with van der Waals surface area (Å²) in [6.07, 6.45) is 1.10.